The van der Waals surface area contributed by atoms with E-state index in [2.05, 4.69) is 6.92 Å². The first-order valence-corrected chi connectivity index (χ1v) is 9.58. The van der Waals surface area contributed by atoms with Crippen LogP contribution >= 0.6 is 11.6 Å². The van der Waals surface area contributed by atoms with Crippen LogP contribution in [-0.4, -0.2) is 5.97 Å². The van der Waals surface area contributed by atoms with Crippen LogP contribution in [0.3, 0.4) is 0 Å². The molecule has 0 atom stereocenters. The molecule has 0 spiro atoms. The number of halogens is 2. The average molecular weight is 353 g/mol. The average Bonchev–Trinajstić information content (AvgIpc) is 2.60. The zero-order valence-electron chi connectivity index (χ0n) is 14.3. The Balaban J connectivity index is 1.51. The number of rotatable bonds is 3. The Bertz CT molecular complexity index is 573. The lowest BCUT2D eigenvalue weighted by atomic mass is 9.69. The van der Waals surface area contributed by atoms with Gasteiger partial charge in [-0.15, -0.1) is 0 Å². The van der Waals surface area contributed by atoms with E-state index in [9.17, 15) is 9.18 Å². The molecular weight excluding hydrogens is 327 g/mol. The normalized spacial score (nSPS) is 30.8. The van der Waals surface area contributed by atoms with Gasteiger partial charge in [-0.25, -0.2) is 4.39 Å². The molecule has 0 aromatic heterocycles. The summed E-state index contributed by atoms with van der Waals surface area (Å²) in [5.74, 6) is 1.33. The summed E-state index contributed by atoms with van der Waals surface area (Å²) in [5.41, 5.74) is 0. The fourth-order valence-corrected chi connectivity index (χ4v) is 4.50. The van der Waals surface area contributed by atoms with Gasteiger partial charge in [0.15, 0.2) is 11.6 Å². The Morgan fingerprint density at radius 1 is 1.04 bits per heavy atom. The summed E-state index contributed by atoms with van der Waals surface area (Å²) in [5, 5.41) is -0.0180. The summed E-state index contributed by atoms with van der Waals surface area (Å²) in [6.07, 6.45) is 9.29. The number of hydrogen-bond donors (Lipinski definition) is 0. The van der Waals surface area contributed by atoms with E-state index in [4.69, 9.17) is 16.3 Å². The van der Waals surface area contributed by atoms with E-state index in [-0.39, 0.29) is 22.7 Å². The van der Waals surface area contributed by atoms with E-state index in [1.165, 1.54) is 37.8 Å². The van der Waals surface area contributed by atoms with Gasteiger partial charge in [0.25, 0.3) is 0 Å². The van der Waals surface area contributed by atoms with Gasteiger partial charge in [0, 0.05) is 0 Å². The number of carbonyl (C=O) groups is 1. The highest BCUT2D eigenvalue weighted by Crippen LogP contribution is 2.41. The summed E-state index contributed by atoms with van der Waals surface area (Å²) in [6.45, 7) is 2.35. The molecule has 0 heterocycles. The predicted molar refractivity (Wildman–Crippen MR) is 93.6 cm³/mol. The van der Waals surface area contributed by atoms with E-state index in [0.29, 0.717) is 0 Å². The largest absolute Gasteiger partial charge is 0.423 e. The summed E-state index contributed by atoms with van der Waals surface area (Å²) in [7, 11) is 0. The van der Waals surface area contributed by atoms with Crippen molar-refractivity contribution in [2.45, 2.75) is 58.3 Å². The summed E-state index contributed by atoms with van der Waals surface area (Å²) < 4.78 is 19.1. The van der Waals surface area contributed by atoms with Gasteiger partial charge in [-0.1, -0.05) is 37.4 Å². The fourth-order valence-electron chi connectivity index (χ4n) is 4.34. The molecule has 0 unspecified atom stereocenters. The molecule has 0 aliphatic heterocycles. The molecule has 2 aliphatic rings. The minimum atomic E-state index is -0.655. The third-order valence-corrected chi connectivity index (χ3v) is 6.25. The van der Waals surface area contributed by atoms with Crippen LogP contribution in [-0.2, 0) is 4.79 Å². The predicted octanol–water partition coefficient (Wildman–Crippen LogP) is 6.02. The minimum absolute atomic E-state index is 0.0180. The highest BCUT2D eigenvalue weighted by Gasteiger charge is 2.33. The Morgan fingerprint density at radius 2 is 1.62 bits per heavy atom. The lowest BCUT2D eigenvalue weighted by Gasteiger charge is -2.36. The van der Waals surface area contributed by atoms with Crippen molar-refractivity contribution < 1.29 is 13.9 Å². The Kier molecular flexibility index (Phi) is 5.80. The standard InChI is InChI=1S/C20H26ClFO2/c1-13-5-7-14(8-6-13)15-9-11-16(12-10-15)20(23)24-18-4-2-3-17(21)19(18)22/h2-4,13-16H,5-12H2,1H3. The molecule has 4 heteroatoms. The van der Waals surface area contributed by atoms with Crippen LogP contribution in [0.5, 0.6) is 5.75 Å². The topological polar surface area (TPSA) is 26.3 Å². The lowest BCUT2D eigenvalue weighted by Crippen LogP contribution is -2.30. The maximum atomic E-state index is 13.9. The second-order valence-electron chi connectivity index (χ2n) is 7.60. The van der Waals surface area contributed by atoms with Crippen molar-refractivity contribution in [3.8, 4) is 5.75 Å². The highest BCUT2D eigenvalue weighted by atomic mass is 35.5. The third-order valence-electron chi connectivity index (χ3n) is 5.96. The molecular formula is C20H26ClFO2. The van der Waals surface area contributed by atoms with Crippen molar-refractivity contribution in [1.82, 2.24) is 0 Å². The number of carbonyl (C=O) groups excluding carboxylic acids is 1. The molecule has 2 aliphatic carbocycles. The maximum Gasteiger partial charge on any atom is 0.314 e. The second kappa shape index (κ2) is 7.86. The molecule has 0 radical (unpaired) electrons. The van der Waals surface area contributed by atoms with Crippen LogP contribution in [0, 0.1) is 29.5 Å². The molecule has 2 saturated carbocycles. The molecule has 0 saturated heterocycles. The van der Waals surface area contributed by atoms with Gasteiger partial charge in [-0.2, -0.15) is 0 Å². The third kappa shape index (κ3) is 4.11. The number of esters is 1. The molecule has 0 bridgehead atoms. The minimum Gasteiger partial charge on any atom is -0.423 e. The van der Waals surface area contributed by atoms with Gasteiger partial charge in [0.1, 0.15) is 0 Å². The van der Waals surface area contributed by atoms with E-state index in [1.54, 1.807) is 6.07 Å². The van der Waals surface area contributed by atoms with Crippen LogP contribution in [0.25, 0.3) is 0 Å². The van der Waals surface area contributed by atoms with Crippen molar-refractivity contribution in [2.24, 2.45) is 23.7 Å². The Hall–Kier alpha value is -1.09. The molecule has 24 heavy (non-hydrogen) atoms. The van der Waals surface area contributed by atoms with Gasteiger partial charge in [0.05, 0.1) is 10.9 Å². The van der Waals surface area contributed by atoms with Gasteiger partial charge in [-0.05, 0) is 68.4 Å². The fraction of sp³-hybridized carbons (Fsp3) is 0.650. The lowest BCUT2D eigenvalue weighted by molar-refractivity contribution is -0.140. The molecule has 1 aromatic rings. The van der Waals surface area contributed by atoms with Gasteiger partial charge in [0.2, 0.25) is 0 Å². The molecule has 1 aromatic carbocycles. The number of ether oxygens (including phenoxy) is 1. The Labute approximate surface area is 148 Å². The Morgan fingerprint density at radius 3 is 2.25 bits per heavy atom. The molecule has 0 amide bonds. The molecule has 2 fully saturated rings. The number of benzene rings is 1. The van der Waals surface area contributed by atoms with Crippen LogP contribution in [0.1, 0.15) is 58.3 Å². The van der Waals surface area contributed by atoms with Crippen molar-refractivity contribution in [2.75, 3.05) is 0 Å². The van der Waals surface area contributed by atoms with Crippen LogP contribution in [0.15, 0.2) is 18.2 Å². The zero-order valence-corrected chi connectivity index (χ0v) is 15.0. The zero-order chi connectivity index (χ0) is 17.1. The molecule has 132 valence electrons. The van der Waals surface area contributed by atoms with Gasteiger partial charge >= 0.3 is 5.97 Å². The van der Waals surface area contributed by atoms with Gasteiger partial charge in [-0.3, -0.25) is 4.79 Å². The monoisotopic (exact) mass is 352 g/mol. The van der Waals surface area contributed by atoms with E-state index in [1.807, 2.05) is 0 Å². The van der Waals surface area contributed by atoms with Gasteiger partial charge < -0.3 is 4.74 Å². The quantitative estimate of drug-likeness (QED) is 0.491. The highest BCUT2D eigenvalue weighted by molar-refractivity contribution is 6.30. The van der Waals surface area contributed by atoms with E-state index in [0.717, 1.165) is 43.4 Å². The van der Waals surface area contributed by atoms with E-state index < -0.39 is 5.82 Å². The van der Waals surface area contributed by atoms with Crippen molar-refractivity contribution in [3.05, 3.63) is 29.0 Å². The maximum absolute atomic E-state index is 13.9. The van der Waals surface area contributed by atoms with Crippen molar-refractivity contribution in [1.29, 1.82) is 0 Å². The summed E-state index contributed by atoms with van der Waals surface area (Å²) in [4.78, 5) is 12.3. The second-order valence-corrected chi connectivity index (χ2v) is 8.01. The molecule has 3 rings (SSSR count). The SMILES string of the molecule is CC1CCC(C2CCC(C(=O)Oc3cccc(Cl)c3F)CC2)CC1. The van der Waals surface area contributed by atoms with E-state index >= 15 is 0 Å². The van der Waals surface area contributed by atoms with Crippen molar-refractivity contribution in [3.63, 3.8) is 0 Å². The molecule has 2 nitrogen and oxygen atoms in total. The smallest absolute Gasteiger partial charge is 0.314 e. The van der Waals surface area contributed by atoms with Crippen LogP contribution in [0.4, 0.5) is 4.39 Å². The first-order chi connectivity index (χ1) is 11.5. The van der Waals surface area contributed by atoms with Crippen LogP contribution in [0.2, 0.25) is 5.02 Å². The first-order valence-electron chi connectivity index (χ1n) is 9.20. The van der Waals surface area contributed by atoms with Crippen LogP contribution < -0.4 is 4.74 Å². The summed E-state index contributed by atoms with van der Waals surface area (Å²) >= 11 is 5.73. The summed E-state index contributed by atoms with van der Waals surface area (Å²) in [6, 6.07) is 4.49. The van der Waals surface area contributed by atoms with Crippen molar-refractivity contribution >= 4 is 17.6 Å². The first kappa shape index (κ1) is 17.7. The number of hydrogen-bond acceptors (Lipinski definition) is 2. The molecule has 0 N–H and O–H groups in total.